The molecule has 0 saturated heterocycles. The van der Waals surface area contributed by atoms with Crippen molar-refractivity contribution in [3.05, 3.63) is 0 Å². The third-order valence-corrected chi connectivity index (χ3v) is 2.40. The van der Waals surface area contributed by atoms with E-state index in [-0.39, 0.29) is 11.9 Å². The van der Waals surface area contributed by atoms with Crippen molar-refractivity contribution in [1.29, 1.82) is 0 Å². The molecule has 2 unspecified atom stereocenters. The number of nitrogens with two attached hydrogens (primary N) is 1. The van der Waals surface area contributed by atoms with Gasteiger partial charge in [-0.15, -0.1) is 0 Å². The first-order chi connectivity index (χ1) is 5.07. The molecule has 5 heteroatoms. The lowest BCUT2D eigenvalue weighted by Gasteiger charge is -2.09. The van der Waals surface area contributed by atoms with Crippen molar-refractivity contribution in [3.8, 4) is 0 Å². The van der Waals surface area contributed by atoms with Crippen molar-refractivity contribution >= 4 is 17.7 Å². The summed E-state index contributed by atoms with van der Waals surface area (Å²) in [6, 6.07) is -0.825. The molecule has 0 aliphatic heterocycles. The minimum atomic E-state index is -0.998. The van der Waals surface area contributed by atoms with Crippen molar-refractivity contribution in [2.45, 2.75) is 18.2 Å². The third-order valence-electron chi connectivity index (χ3n) is 1.13. The third kappa shape index (κ3) is 5.06. The zero-order chi connectivity index (χ0) is 8.85. The molecular weight excluding hydrogens is 166 g/mol. The van der Waals surface area contributed by atoms with Crippen LogP contribution in [0, 0.1) is 0 Å². The molecule has 4 nitrogen and oxygen atoms in total. The zero-order valence-electron chi connectivity index (χ0n) is 6.36. The van der Waals surface area contributed by atoms with Crippen LogP contribution in [0.3, 0.4) is 0 Å². The lowest BCUT2D eigenvalue weighted by atomic mass is 10.4. The average Bonchev–Trinajstić information content (AvgIpc) is 1.99. The summed E-state index contributed by atoms with van der Waals surface area (Å²) in [5.41, 5.74) is 5.22. The molecule has 0 heterocycles. The molecule has 0 spiro atoms. The summed E-state index contributed by atoms with van der Waals surface area (Å²) in [4.78, 5) is 10.2. The first kappa shape index (κ1) is 10.7. The van der Waals surface area contributed by atoms with Gasteiger partial charge in [-0.1, -0.05) is 6.92 Å². The minimum Gasteiger partial charge on any atom is -0.480 e. The van der Waals surface area contributed by atoms with Crippen molar-refractivity contribution < 1.29 is 15.0 Å². The normalized spacial score (nSPS) is 15.9. The predicted molar refractivity (Wildman–Crippen MR) is 44.6 cm³/mol. The second-order valence-electron chi connectivity index (χ2n) is 2.27. The molecular formula is C6H13NO3S. The summed E-state index contributed by atoms with van der Waals surface area (Å²) < 4.78 is 0. The van der Waals surface area contributed by atoms with Crippen LogP contribution in [0.4, 0.5) is 0 Å². The van der Waals surface area contributed by atoms with E-state index in [0.717, 1.165) is 0 Å². The topological polar surface area (TPSA) is 83.5 Å². The van der Waals surface area contributed by atoms with E-state index >= 15 is 0 Å². The van der Waals surface area contributed by atoms with E-state index in [1.54, 1.807) is 0 Å². The zero-order valence-corrected chi connectivity index (χ0v) is 7.17. The van der Waals surface area contributed by atoms with E-state index in [0.29, 0.717) is 5.75 Å². The predicted octanol–water partition coefficient (Wildman–Crippen LogP) is -0.488. The maximum atomic E-state index is 10.2. The van der Waals surface area contributed by atoms with Gasteiger partial charge < -0.3 is 15.9 Å². The number of hydrogen-bond donors (Lipinski definition) is 3. The lowest BCUT2D eigenvalue weighted by molar-refractivity contribution is -0.137. The van der Waals surface area contributed by atoms with Crippen LogP contribution in [0.2, 0.25) is 0 Å². The van der Waals surface area contributed by atoms with Crippen LogP contribution >= 0.6 is 11.8 Å². The molecule has 0 fully saturated rings. The molecule has 0 aromatic heterocycles. The SMILES string of the molecule is CC(CO)SCC(N)C(=O)O. The van der Waals surface area contributed by atoms with Gasteiger partial charge in [-0.05, 0) is 0 Å². The highest BCUT2D eigenvalue weighted by atomic mass is 32.2. The van der Waals surface area contributed by atoms with Gasteiger partial charge in [-0.25, -0.2) is 0 Å². The Hall–Kier alpha value is -0.260. The first-order valence-electron chi connectivity index (χ1n) is 3.28. The van der Waals surface area contributed by atoms with E-state index in [1.165, 1.54) is 11.8 Å². The average molecular weight is 179 g/mol. The second kappa shape index (κ2) is 5.40. The van der Waals surface area contributed by atoms with Gasteiger partial charge in [0.25, 0.3) is 0 Å². The monoisotopic (exact) mass is 179 g/mol. The summed E-state index contributed by atoms with van der Waals surface area (Å²) >= 11 is 1.36. The molecule has 0 aliphatic rings. The molecule has 0 aromatic carbocycles. The van der Waals surface area contributed by atoms with E-state index in [9.17, 15) is 4.79 Å². The largest absolute Gasteiger partial charge is 0.480 e. The molecule has 0 amide bonds. The number of carboxylic acids is 1. The number of aliphatic carboxylic acids is 1. The van der Waals surface area contributed by atoms with Gasteiger partial charge in [0.2, 0.25) is 0 Å². The van der Waals surface area contributed by atoms with E-state index in [1.807, 2.05) is 6.92 Å². The molecule has 0 aromatic rings. The molecule has 0 rings (SSSR count). The Balaban J connectivity index is 3.45. The van der Waals surface area contributed by atoms with Crippen LogP contribution < -0.4 is 5.73 Å². The summed E-state index contributed by atoms with van der Waals surface area (Å²) in [6.45, 7) is 1.87. The minimum absolute atomic E-state index is 0.0526. The number of aliphatic hydroxyl groups excluding tert-OH is 1. The summed E-state index contributed by atoms with van der Waals surface area (Å²) in [5, 5.41) is 17.0. The molecule has 0 bridgehead atoms. The fraction of sp³-hybridized carbons (Fsp3) is 0.833. The molecule has 0 aliphatic carbocycles. The second-order valence-corrected chi connectivity index (χ2v) is 3.74. The van der Waals surface area contributed by atoms with Crippen molar-refractivity contribution in [2.75, 3.05) is 12.4 Å². The van der Waals surface area contributed by atoms with Crippen LogP contribution in [-0.4, -0.2) is 39.8 Å². The standard InChI is InChI=1S/C6H13NO3S/c1-4(2-8)11-3-5(7)6(9)10/h4-5,8H,2-3,7H2,1H3,(H,9,10). The Morgan fingerprint density at radius 1 is 1.73 bits per heavy atom. The van der Waals surface area contributed by atoms with Gasteiger partial charge in [0.15, 0.2) is 0 Å². The number of carboxylic acid groups (broad SMARTS) is 1. The van der Waals surface area contributed by atoms with Crippen molar-refractivity contribution in [3.63, 3.8) is 0 Å². The summed E-state index contributed by atoms with van der Waals surface area (Å²) in [7, 11) is 0. The van der Waals surface area contributed by atoms with Crippen molar-refractivity contribution in [1.82, 2.24) is 0 Å². The highest BCUT2D eigenvalue weighted by molar-refractivity contribution is 7.99. The number of aliphatic hydroxyl groups is 1. The molecule has 11 heavy (non-hydrogen) atoms. The highest BCUT2D eigenvalue weighted by Crippen LogP contribution is 2.09. The maximum absolute atomic E-state index is 10.2. The van der Waals surface area contributed by atoms with Crippen LogP contribution in [-0.2, 0) is 4.79 Å². The molecule has 0 saturated carbocycles. The Labute approximate surface area is 69.8 Å². The first-order valence-corrected chi connectivity index (χ1v) is 4.33. The highest BCUT2D eigenvalue weighted by Gasteiger charge is 2.12. The van der Waals surface area contributed by atoms with E-state index in [2.05, 4.69) is 0 Å². The van der Waals surface area contributed by atoms with Gasteiger partial charge in [0, 0.05) is 11.0 Å². The molecule has 66 valence electrons. The Morgan fingerprint density at radius 3 is 2.64 bits per heavy atom. The van der Waals surface area contributed by atoms with Crippen LogP contribution in [0.1, 0.15) is 6.92 Å². The van der Waals surface area contributed by atoms with Crippen LogP contribution in [0.15, 0.2) is 0 Å². The Bertz CT molecular complexity index is 131. The summed E-state index contributed by atoms with van der Waals surface area (Å²) in [5.74, 6) is -0.653. The van der Waals surface area contributed by atoms with Gasteiger partial charge >= 0.3 is 5.97 Å². The maximum Gasteiger partial charge on any atom is 0.321 e. The van der Waals surface area contributed by atoms with E-state index in [4.69, 9.17) is 15.9 Å². The lowest BCUT2D eigenvalue weighted by Crippen LogP contribution is -2.33. The van der Waals surface area contributed by atoms with Crippen LogP contribution in [0.25, 0.3) is 0 Å². The number of thioether (sulfide) groups is 1. The smallest absolute Gasteiger partial charge is 0.321 e. The fourth-order valence-corrected chi connectivity index (χ4v) is 1.18. The quantitative estimate of drug-likeness (QED) is 0.530. The molecule has 4 N–H and O–H groups in total. The number of rotatable bonds is 5. The van der Waals surface area contributed by atoms with Gasteiger partial charge in [-0.2, -0.15) is 11.8 Å². The number of carbonyl (C=O) groups is 1. The van der Waals surface area contributed by atoms with Crippen molar-refractivity contribution in [2.24, 2.45) is 5.73 Å². The Morgan fingerprint density at radius 2 is 2.27 bits per heavy atom. The van der Waals surface area contributed by atoms with Gasteiger partial charge in [0.1, 0.15) is 6.04 Å². The van der Waals surface area contributed by atoms with Crippen LogP contribution in [0.5, 0.6) is 0 Å². The Kier molecular flexibility index (Phi) is 5.27. The molecule has 0 radical (unpaired) electrons. The van der Waals surface area contributed by atoms with Gasteiger partial charge in [0.05, 0.1) is 6.61 Å². The molecule has 2 atom stereocenters. The number of hydrogen-bond acceptors (Lipinski definition) is 4. The van der Waals surface area contributed by atoms with E-state index < -0.39 is 12.0 Å². The van der Waals surface area contributed by atoms with Gasteiger partial charge in [-0.3, -0.25) is 4.79 Å². The fourth-order valence-electron chi connectivity index (χ4n) is 0.392. The summed E-state index contributed by atoms with van der Waals surface area (Å²) in [6.07, 6.45) is 0.